The summed E-state index contributed by atoms with van der Waals surface area (Å²) in [5.74, 6) is 0.148. The van der Waals surface area contributed by atoms with Gasteiger partial charge in [-0.2, -0.15) is 0 Å². The first-order valence-electron chi connectivity index (χ1n) is 7.90. The molecule has 0 unspecified atom stereocenters. The van der Waals surface area contributed by atoms with Crippen molar-refractivity contribution in [3.8, 4) is 0 Å². The molecule has 114 valence electrons. The molecule has 2 aromatic rings. The first-order chi connectivity index (χ1) is 10.7. The summed E-state index contributed by atoms with van der Waals surface area (Å²) in [6.45, 7) is 3.75. The number of nitrogens with one attached hydrogen (secondary N) is 1. The number of amides is 1. The van der Waals surface area contributed by atoms with Gasteiger partial charge in [0.2, 0.25) is 0 Å². The van der Waals surface area contributed by atoms with Crippen molar-refractivity contribution in [2.45, 2.75) is 25.8 Å². The van der Waals surface area contributed by atoms with Gasteiger partial charge in [-0.3, -0.25) is 4.79 Å². The molecule has 1 saturated heterocycles. The van der Waals surface area contributed by atoms with Crippen LogP contribution in [0.3, 0.4) is 0 Å². The summed E-state index contributed by atoms with van der Waals surface area (Å²) in [4.78, 5) is 14.4. The molecule has 3 heteroatoms. The molecule has 1 heterocycles. The molecule has 3 rings (SSSR count). The van der Waals surface area contributed by atoms with E-state index in [9.17, 15) is 4.79 Å². The van der Waals surface area contributed by atoms with Crippen LogP contribution < -0.4 is 5.32 Å². The van der Waals surface area contributed by atoms with Gasteiger partial charge in [0, 0.05) is 30.4 Å². The van der Waals surface area contributed by atoms with Crippen LogP contribution in [0.15, 0.2) is 54.6 Å². The molecule has 0 radical (unpaired) electrons. The molecule has 1 amide bonds. The van der Waals surface area contributed by atoms with Crippen molar-refractivity contribution < 1.29 is 4.79 Å². The molecule has 0 aliphatic carbocycles. The number of hydrogen-bond donors (Lipinski definition) is 1. The van der Waals surface area contributed by atoms with E-state index >= 15 is 0 Å². The van der Waals surface area contributed by atoms with E-state index in [1.807, 2.05) is 35.2 Å². The van der Waals surface area contributed by atoms with Crippen LogP contribution in [-0.2, 0) is 0 Å². The third-order valence-electron chi connectivity index (χ3n) is 4.31. The van der Waals surface area contributed by atoms with E-state index in [-0.39, 0.29) is 5.91 Å². The van der Waals surface area contributed by atoms with Crippen LogP contribution in [0.2, 0.25) is 0 Å². The van der Waals surface area contributed by atoms with E-state index < -0.39 is 0 Å². The standard InChI is InChI=1S/C19H22N2O/c1-15-7-5-6-10-18(15)20-17-11-13-21(14-12-17)19(22)16-8-3-2-4-9-16/h2-10,17,20H,11-14H2,1H3. The maximum atomic E-state index is 12.4. The van der Waals surface area contributed by atoms with E-state index in [0.29, 0.717) is 6.04 Å². The lowest BCUT2D eigenvalue weighted by Gasteiger charge is -2.33. The zero-order valence-corrected chi connectivity index (χ0v) is 13.0. The number of piperidine rings is 1. The minimum Gasteiger partial charge on any atom is -0.382 e. The van der Waals surface area contributed by atoms with Crippen LogP contribution in [-0.4, -0.2) is 29.9 Å². The van der Waals surface area contributed by atoms with Crippen molar-refractivity contribution >= 4 is 11.6 Å². The van der Waals surface area contributed by atoms with Crippen molar-refractivity contribution in [3.63, 3.8) is 0 Å². The van der Waals surface area contributed by atoms with Gasteiger partial charge in [0.1, 0.15) is 0 Å². The van der Waals surface area contributed by atoms with E-state index in [1.165, 1.54) is 11.3 Å². The highest BCUT2D eigenvalue weighted by molar-refractivity contribution is 5.94. The van der Waals surface area contributed by atoms with Gasteiger partial charge in [-0.25, -0.2) is 0 Å². The Labute approximate surface area is 132 Å². The second-order valence-electron chi connectivity index (χ2n) is 5.89. The quantitative estimate of drug-likeness (QED) is 0.936. The molecule has 1 aliphatic heterocycles. The molecule has 0 aromatic heterocycles. The summed E-state index contributed by atoms with van der Waals surface area (Å²) in [6, 6.07) is 18.4. The molecular weight excluding hydrogens is 272 g/mol. The number of likely N-dealkylation sites (tertiary alicyclic amines) is 1. The summed E-state index contributed by atoms with van der Waals surface area (Å²) in [7, 11) is 0. The fourth-order valence-electron chi connectivity index (χ4n) is 2.94. The Kier molecular flexibility index (Phi) is 4.42. The molecule has 22 heavy (non-hydrogen) atoms. The Morgan fingerprint density at radius 2 is 1.64 bits per heavy atom. The molecule has 1 N–H and O–H groups in total. The van der Waals surface area contributed by atoms with Gasteiger partial charge in [-0.15, -0.1) is 0 Å². The highest BCUT2D eigenvalue weighted by Crippen LogP contribution is 2.20. The van der Waals surface area contributed by atoms with Gasteiger partial charge in [0.05, 0.1) is 0 Å². The molecule has 3 nitrogen and oxygen atoms in total. The predicted octanol–water partition coefficient (Wildman–Crippen LogP) is 3.71. The zero-order chi connectivity index (χ0) is 15.4. The van der Waals surface area contributed by atoms with E-state index in [4.69, 9.17) is 0 Å². The number of benzene rings is 2. The topological polar surface area (TPSA) is 32.3 Å². The monoisotopic (exact) mass is 294 g/mol. The van der Waals surface area contributed by atoms with Crippen molar-refractivity contribution in [3.05, 3.63) is 65.7 Å². The maximum absolute atomic E-state index is 12.4. The number of rotatable bonds is 3. The summed E-state index contributed by atoms with van der Waals surface area (Å²) in [5, 5.41) is 3.61. The summed E-state index contributed by atoms with van der Waals surface area (Å²) >= 11 is 0. The van der Waals surface area contributed by atoms with Crippen molar-refractivity contribution in [1.82, 2.24) is 4.90 Å². The van der Waals surface area contributed by atoms with Gasteiger partial charge in [0.25, 0.3) is 5.91 Å². The normalized spacial score (nSPS) is 15.6. The van der Waals surface area contributed by atoms with Crippen LogP contribution in [0.5, 0.6) is 0 Å². The van der Waals surface area contributed by atoms with E-state index in [2.05, 4.69) is 36.5 Å². The highest BCUT2D eigenvalue weighted by Gasteiger charge is 2.23. The van der Waals surface area contributed by atoms with Crippen LogP contribution in [0, 0.1) is 6.92 Å². The average molecular weight is 294 g/mol. The largest absolute Gasteiger partial charge is 0.382 e. The Morgan fingerprint density at radius 3 is 2.32 bits per heavy atom. The average Bonchev–Trinajstić information content (AvgIpc) is 2.58. The molecule has 2 aromatic carbocycles. The first-order valence-corrected chi connectivity index (χ1v) is 7.90. The molecule has 1 aliphatic rings. The van der Waals surface area contributed by atoms with Gasteiger partial charge in [-0.1, -0.05) is 36.4 Å². The summed E-state index contributed by atoms with van der Waals surface area (Å²) in [5.41, 5.74) is 3.26. The van der Waals surface area contributed by atoms with Crippen molar-refractivity contribution in [1.29, 1.82) is 0 Å². The molecule has 0 saturated carbocycles. The van der Waals surface area contributed by atoms with Crippen molar-refractivity contribution in [2.24, 2.45) is 0 Å². The zero-order valence-electron chi connectivity index (χ0n) is 13.0. The number of carbonyl (C=O) groups is 1. The predicted molar refractivity (Wildman–Crippen MR) is 90.2 cm³/mol. The number of anilines is 1. The molecular formula is C19H22N2O. The minimum atomic E-state index is 0.148. The Morgan fingerprint density at radius 1 is 1.00 bits per heavy atom. The highest BCUT2D eigenvalue weighted by atomic mass is 16.2. The van der Waals surface area contributed by atoms with Crippen molar-refractivity contribution in [2.75, 3.05) is 18.4 Å². The van der Waals surface area contributed by atoms with Gasteiger partial charge < -0.3 is 10.2 Å². The number of hydrogen-bond acceptors (Lipinski definition) is 2. The number of aryl methyl sites for hydroxylation is 1. The SMILES string of the molecule is Cc1ccccc1NC1CCN(C(=O)c2ccccc2)CC1. The molecule has 0 atom stereocenters. The van der Waals surface area contributed by atoms with Crippen LogP contribution in [0.4, 0.5) is 5.69 Å². The lowest BCUT2D eigenvalue weighted by atomic mass is 10.0. The van der Waals surface area contributed by atoms with Gasteiger partial charge >= 0.3 is 0 Å². The maximum Gasteiger partial charge on any atom is 0.253 e. The van der Waals surface area contributed by atoms with Crippen LogP contribution in [0.25, 0.3) is 0 Å². The fraction of sp³-hybridized carbons (Fsp3) is 0.316. The minimum absolute atomic E-state index is 0.148. The van der Waals surface area contributed by atoms with Gasteiger partial charge in [-0.05, 0) is 43.5 Å². The fourth-order valence-corrected chi connectivity index (χ4v) is 2.94. The summed E-state index contributed by atoms with van der Waals surface area (Å²) in [6.07, 6.45) is 1.99. The Hall–Kier alpha value is -2.29. The molecule has 0 spiro atoms. The third-order valence-corrected chi connectivity index (χ3v) is 4.31. The lowest BCUT2D eigenvalue weighted by Crippen LogP contribution is -2.42. The van der Waals surface area contributed by atoms with E-state index in [1.54, 1.807) is 0 Å². The van der Waals surface area contributed by atoms with Gasteiger partial charge in [0.15, 0.2) is 0 Å². The molecule has 0 bridgehead atoms. The van der Waals surface area contributed by atoms with E-state index in [0.717, 1.165) is 31.5 Å². The second-order valence-corrected chi connectivity index (χ2v) is 5.89. The first kappa shape index (κ1) is 14.6. The number of para-hydroxylation sites is 1. The Bertz CT molecular complexity index is 631. The summed E-state index contributed by atoms with van der Waals surface area (Å²) < 4.78 is 0. The number of nitrogens with zero attached hydrogens (tertiary/aromatic N) is 1. The lowest BCUT2D eigenvalue weighted by molar-refractivity contribution is 0.0718. The molecule has 1 fully saturated rings. The smallest absolute Gasteiger partial charge is 0.253 e. The Balaban J connectivity index is 1.57. The third kappa shape index (κ3) is 3.30. The second kappa shape index (κ2) is 6.65. The van der Waals surface area contributed by atoms with Crippen LogP contribution in [0.1, 0.15) is 28.8 Å². The number of carbonyl (C=O) groups excluding carboxylic acids is 1. The van der Waals surface area contributed by atoms with Crippen LogP contribution >= 0.6 is 0 Å².